The van der Waals surface area contributed by atoms with Crippen LogP contribution >= 0.6 is 11.3 Å². The lowest BCUT2D eigenvalue weighted by molar-refractivity contribution is 0.0953. The molecule has 4 rings (SSSR count). The van der Waals surface area contributed by atoms with E-state index in [-0.39, 0.29) is 10.8 Å². The Labute approximate surface area is 172 Å². The van der Waals surface area contributed by atoms with Crippen LogP contribution in [0.5, 0.6) is 0 Å². The first-order chi connectivity index (χ1) is 13.9. The van der Waals surface area contributed by atoms with Crippen molar-refractivity contribution in [2.24, 2.45) is 5.14 Å². The Morgan fingerprint density at radius 2 is 1.97 bits per heavy atom. The molecule has 0 bridgehead atoms. The molecule has 1 aromatic carbocycles. The predicted molar refractivity (Wildman–Crippen MR) is 108 cm³/mol. The van der Waals surface area contributed by atoms with Crippen molar-refractivity contribution in [3.63, 3.8) is 0 Å². The van der Waals surface area contributed by atoms with E-state index in [4.69, 9.17) is 5.14 Å². The van der Waals surface area contributed by atoms with Crippen LogP contribution in [-0.2, 0) is 29.3 Å². The Kier molecular flexibility index (Phi) is 5.43. The van der Waals surface area contributed by atoms with Gasteiger partial charge in [0.25, 0.3) is 5.91 Å². The van der Waals surface area contributed by atoms with Gasteiger partial charge in [0.2, 0.25) is 10.0 Å². The number of carbonyl (C=O) groups is 1. The zero-order valence-electron chi connectivity index (χ0n) is 15.5. The second-order valence-corrected chi connectivity index (χ2v) is 9.49. The molecule has 0 aliphatic heterocycles. The first-order valence-electron chi connectivity index (χ1n) is 9.21. The van der Waals surface area contributed by atoms with E-state index in [1.165, 1.54) is 23.3 Å². The van der Waals surface area contributed by atoms with Crippen molar-refractivity contribution in [2.45, 2.75) is 37.0 Å². The fourth-order valence-electron chi connectivity index (χ4n) is 3.46. The predicted octanol–water partition coefficient (Wildman–Crippen LogP) is 1.22. The number of fused-ring (bicyclic) bond motifs is 1. The normalized spacial score (nSPS) is 13.8. The van der Waals surface area contributed by atoms with E-state index in [1.54, 1.807) is 28.2 Å². The number of benzene rings is 1. The molecule has 0 saturated heterocycles. The van der Waals surface area contributed by atoms with Crippen LogP contribution in [0.25, 0.3) is 5.00 Å². The minimum Gasteiger partial charge on any atom is -0.352 e. The number of nitrogens with zero attached hydrogens (tertiary/aromatic N) is 4. The van der Waals surface area contributed by atoms with Crippen molar-refractivity contribution in [3.8, 4) is 5.00 Å². The van der Waals surface area contributed by atoms with Gasteiger partial charge in [-0.05, 0) is 65.8 Å². The molecule has 9 nitrogen and oxygen atoms in total. The summed E-state index contributed by atoms with van der Waals surface area (Å²) in [5, 5.41) is 20.2. The maximum atomic E-state index is 13.0. The molecule has 29 heavy (non-hydrogen) atoms. The molecule has 0 fully saturated rings. The first-order valence-corrected chi connectivity index (χ1v) is 11.6. The molecule has 0 unspecified atom stereocenters. The summed E-state index contributed by atoms with van der Waals surface area (Å²) < 4.78 is 24.2. The van der Waals surface area contributed by atoms with Crippen molar-refractivity contribution in [3.05, 3.63) is 52.2 Å². The van der Waals surface area contributed by atoms with E-state index >= 15 is 0 Å². The van der Waals surface area contributed by atoms with E-state index in [1.807, 2.05) is 0 Å². The van der Waals surface area contributed by atoms with Gasteiger partial charge in [0.15, 0.2) is 0 Å². The summed E-state index contributed by atoms with van der Waals surface area (Å²) in [7, 11) is -3.71. The van der Waals surface area contributed by atoms with Gasteiger partial charge in [-0.2, -0.15) is 4.68 Å². The number of nitrogens with two attached hydrogens (primary N) is 1. The van der Waals surface area contributed by atoms with E-state index < -0.39 is 10.0 Å². The Morgan fingerprint density at radius 1 is 1.21 bits per heavy atom. The molecule has 0 atom stereocenters. The number of tetrazole rings is 1. The number of thiophene rings is 1. The largest absolute Gasteiger partial charge is 0.352 e. The van der Waals surface area contributed by atoms with Crippen molar-refractivity contribution in [1.82, 2.24) is 25.5 Å². The van der Waals surface area contributed by atoms with Gasteiger partial charge >= 0.3 is 0 Å². The highest BCUT2D eigenvalue weighted by Gasteiger charge is 2.26. The van der Waals surface area contributed by atoms with Gasteiger partial charge in [-0.1, -0.05) is 12.1 Å². The lowest BCUT2D eigenvalue weighted by atomic mass is 9.95. The molecule has 0 radical (unpaired) electrons. The number of aryl methyl sites for hydroxylation is 1. The number of hydrogen-bond donors (Lipinski definition) is 2. The fourth-order valence-corrected chi connectivity index (χ4v) is 5.27. The monoisotopic (exact) mass is 432 g/mol. The third kappa shape index (κ3) is 4.21. The van der Waals surface area contributed by atoms with Crippen molar-refractivity contribution < 1.29 is 13.2 Å². The molecule has 0 spiro atoms. The highest BCUT2D eigenvalue weighted by Crippen LogP contribution is 2.36. The van der Waals surface area contributed by atoms with Crippen molar-refractivity contribution in [1.29, 1.82) is 0 Å². The van der Waals surface area contributed by atoms with Crippen LogP contribution in [0.15, 0.2) is 35.5 Å². The Morgan fingerprint density at radius 3 is 2.66 bits per heavy atom. The number of rotatable bonds is 6. The molecule has 0 saturated carbocycles. The molecule has 152 valence electrons. The highest BCUT2D eigenvalue weighted by molar-refractivity contribution is 7.89. The van der Waals surface area contributed by atoms with Gasteiger partial charge in [-0.3, -0.25) is 4.79 Å². The molecule has 1 aliphatic rings. The number of aromatic nitrogens is 4. The molecule has 11 heteroatoms. The topological polar surface area (TPSA) is 133 Å². The average Bonchev–Trinajstić information content (AvgIpc) is 3.35. The third-order valence-corrected chi connectivity index (χ3v) is 7.10. The van der Waals surface area contributed by atoms with E-state index in [0.717, 1.165) is 41.8 Å². The lowest BCUT2D eigenvalue weighted by Crippen LogP contribution is -2.27. The van der Waals surface area contributed by atoms with Crippen LogP contribution in [0, 0.1) is 0 Å². The summed E-state index contributed by atoms with van der Waals surface area (Å²) in [5.74, 6) is -0.143. The van der Waals surface area contributed by atoms with Crippen LogP contribution in [0.2, 0.25) is 0 Å². The van der Waals surface area contributed by atoms with Crippen molar-refractivity contribution in [2.75, 3.05) is 6.54 Å². The number of carbonyl (C=O) groups excluding carboxylic acids is 1. The molecular formula is C18H20N6O3S2. The number of hydrogen-bond acceptors (Lipinski definition) is 7. The minimum absolute atomic E-state index is 0.0706. The van der Waals surface area contributed by atoms with Gasteiger partial charge < -0.3 is 5.32 Å². The smallest absolute Gasteiger partial charge is 0.254 e. The maximum absolute atomic E-state index is 13.0. The van der Waals surface area contributed by atoms with Gasteiger partial charge in [0.1, 0.15) is 11.3 Å². The zero-order valence-corrected chi connectivity index (χ0v) is 17.2. The first kappa shape index (κ1) is 19.7. The minimum atomic E-state index is -3.71. The van der Waals surface area contributed by atoms with Crippen LogP contribution in [0.3, 0.4) is 0 Å². The average molecular weight is 433 g/mol. The SMILES string of the molecule is NS(=O)(=O)c1ccc(CCNC(=O)c2c(-n3cnnn3)sc3c2CCCC3)cc1. The quantitative estimate of drug-likeness (QED) is 0.602. The van der Waals surface area contributed by atoms with Gasteiger partial charge in [-0.15, -0.1) is 16.4 Å². The number of nitrogens with one attached hydrogen (secondary N) is 1. The summed E-state index contributed by atoms with van der Waals surface area (Å²) in [6, 6.07) is 6.34. The molecule has 1 aliphatic carbocycles. The van der Waals surface area contributed by atoms with Crippen LogP contribution in [-0.4, -0.2) is 41.1 Å². The summed E-state index contributed by atoms with van der Waals surface area (Å²) in [6.45, 7) is 0.424. The summed E-state index contributed by atoms with van der Waals surface area (Å²) in [5.41, 5.74) is 2.66. The maximum Gasteiger partial charge on any atom is 0.254 e. The summed E-state index contributed by atoms with van der Waals surface area (Å²) in [6.07, 6.45) is 6.11. The third-order valence-electron chi connectivity index (χ3n) is 4.89. The second-order valence-electron chi connectivity index (χ2n) is 6.84. The molecule has 2 heterocycles. The van der Waals surface area contributed by atoms with E-state index in [2.05, 4.69) is 20.8 Å². The lowest BCUT2D eigenvalue weighted by Gasteiger charge is -2.13. The number of amides is 1. The van der Waals surface area contributed by atoms with Gasteiger partial charge in [-0.25, -0.2) is 13.6 Å². The molecule has 3 aromatic rings. The second kappa shape index (κ2) is 8.01. The van der Waals surface area contributed by atoms with E-state index in [0.29, 0.717) is 18.5 Å². The summed E-state index contributed by atoms with van der Waals surface area (Å²) in [4.78, 5) is 14.3. The Balaban J connectivity index is 1.48. The summed E-state index contributed by atoms with van der Waals surface area (Å²) >= 11 is 1.57. The van der Waals surface area contributed by atoms with Crippen LogP contribution in [0.1, 0.15) is 39.2 Å². The van der Waals surface area contributed by atoms with Gasteiger partial charge in [0.05, 0.1) is 10.5 Å². The van der Waals surface area contributed by atoms with Crippen LogP contribution in [0.4, 0.5) is 0 Å². The molecular weight excluding hydrogens is 412 g/mol. The molecule has 1 amide bonds. The van der Waals surface area contributed by atoms with E-state index in [9.17, 15) is 13.2 Å². The van der Waals surface area contributed by atoms with Crippen molar-refractivity contribution >= 4 is 27.3 Å². The number of sulfonamides is 1. The highest BCUT2D eigenvalue weighted by atomic mass is 32.2. The number of primary sulfonamides is 1. The molecule has 2 aromatic heterocycles. The van der Waals surface area contributed by atoms with Crippen LogP contribution < -0.4 is 10.5 Å². The standard InChI is InChI=1S/C18H20N6O3S2/c19-29(26,27)13-7-5-12(6-8-13)9-10-20-17(25)16-14-3-1-2-4-15(14)28-18(16)24-11-21-22-23-24/h5-8,11H,1-4,9-10H2,(H,20,25)(H2,19,26,27). The van der Waals surface area contributed by atoms with Gasteiger partial charge in [0, 0.05) is 11.4 Å². The molecule has 3 N–H and O–H groups in total. The Hall–Kier alpha value is -2.63. The Bertz CT molecular complexity index is 1120. The zero-order chi connectivity index (χ0) is 20.4. The fraction of sp³-hybridized carbons (Fsp3) is 0.333.